The van der Waals surface area contributed by atoms with Crippen LogP contribution in [0.3, 0.4) is 0 Å². The van der Waals surface area contributed by atoms with Crippen molar-refractivity contribution in [2.24, 2.45) is 5.73 Å². The first-order valence-corrected chi connectivity index (χ1v) is 7.79. The summed E-state index contributed by atoms with van der Waals surface area (Å²) in [5.74, 6) is 0.810. The first-order valence-electron chi connectivity index (χ1n) is 5.90. The molecule has 0 amide bonds. The van der Waals surface area contributed by atoms with Gasteiger partial charge in [-0.25, -0.2) is 8.42 Å². The number of ether oxygens (including phenoxy) is 2. The fourth-order valence-corrected chi connectivity index (χ4v) is 2.68. The van der Waals surface area contributed by atoms with E-state index in [0.29, 0.717) is 5.56 Å². The van der Waals surface area contributed by atoms with Gasteiger partial charge in [0.2, 0.25) is 11.7 Å². The highest BCUT2D eigenvalue weighted by atomic mass is 32.2. The average molecular weight is 313 g/mol. The number of benzene rings is 1. The number of aromatic nitrogens is 2. The molecule has 1 aromatic carbocycles. The fourth-order valence-electron chi connectivity index (χ4n) is 1.86. The Labute approximate surface area is 121 Å². The van der Waals surface area contributed by atoms with Crippen LogP contribution in [-0.2, 0) is 16.4 Å². The summed E-state index contributed by atoms with van der Waals surface area (Å²) in [6.07, 6.45) is 1.09. The molecule has 0 saturated carbocycles. The quantitative estimate of drug-likeness (QED) is 0.853. The van der Waals surface area contributed by atoms with Gasteiger partial charge in [0.1, 0.15) is 4.90 Å². The molecule has 0 fully saturated rings. The van der Waals surface area contributed by atoms with Crippen LogP contribution < -0.4 is 15.2 Å². The summed E-state index contributed by atoms with van der Waals surface area (Å²) in [7, 11) is -0.707. The van der Waals surface area contributed by atoms with Crippen LogP contribution in [0.15, 0.2) is 21.6 Å². The highest BCUT2D eigenvalue weighted by Crippen LogP contribution is 2.41. The highest BCUT2D eigenvalue weighted by Gasteiger charge is 2.24. The van der Waals surface area contributed by atoms with E-state index in [-0.39, 0.29) is 34.7 Å². The smallest absolute Gasteiger partial charge is 0.240 e. The third-order valence-corrected chi connectivity index (χ3v) is 3.89. The molecule has 1 heterocycles. The molecule has 0 unspecified atom stereocenters. The Kier molecular flexibility index (Phi) is 4.14. The lowest BCUT2D eigenvalue weighted by Gasteiger charge is -2.14. The van der Waals surface area contributed by atoms with Gasteiger partial charge in [0.05, 0.1) is 26.3 Å². The number of hydrogen-bond acceptors (Lipinski definition) is 8. The van der Waals surface area contributed by atoms with E-state index in [1.165, 1.54) is 26.4 Å². The van der Waals surface area contributed by atoms with Crippen LogP contribution in [0.2, 0.25) is 0 Å². The maximum absolute atomic E-state index is 11.8. The van der Waals surface area contributed by atoms with Crippen LogP contribution in [0, 0.1) is 0 Å². The Morgan fingerprint density at radius 3 is 2.38 bits per heavy atom. The van der Waals surface area contributed by atoms with Crippen molar-refractivity contribution in [2.75, 3.05) is 20.5 Å². The van der Waals surface area contributed by atoms with Gasteiger partial charge < -0.3 is 19.7 Å². The topological polar surface area (TPSA) is 118 Å². The molecule has 21 heavy (non-hydrogen) atoms. The lowest BCUT2D eigenvalue weighted by atomic mass is 10.1. The molecule has 0 radical (unpaired) electrons. The first kappa shape index (κ1) is 15.3. The summed E-state index contributed by atoms with van der Waals surface area (Å²) >= 11 is 0. The van der Waals surface area contributed by atoms with E-state index in [1.807, 2.05) is 0 Å². The average Bonchev–Trinajstić information content (AvgIpc) is 2.93. The number of rotatable bonds is 5. The van der Waals surface area contributed by atoms with E-state index in [9.17, 15) is 8.42 Å². The molecule has 0 aliphatic rings. The molecule has 1 aromatic heterocycles. The molecule has 0 spiro atoms. The summed E-state index contributed by atoms with van der Waals surface area (Å²) in [5.41, 5.74) is 5.87. The Morgan fingerprint density at radius 2 is 1.90 bits per heavy atom. The minimum absolute atomic E-state index is 0.0214. The summed E-state index contributed by atoms with van der Waals surface area (Å²) in [6, 6.07) is 2.94. The van der Waals surface area contributed by atoms with Crippen LogP contribution in [0.4, 0.5) is 0 Å². The SMILES string of the molecule is COc1c(-c2noc(CN)n2)ccc(S(C)(=O)=O)c1OC. The Hall–Kier alpha value is -2.13. The van der Waals surface area contributed by atoms with Crippen molar-refractivity contribution in [3.63, 3.8) is 0 Å². The van der Waals surface area contributed by atoms with E-state index in [4.69, 9.17) is 19.7 Å². The normalized spacial score (nSPS) is 11.4. The zero-order valence-corrected chi connectivity index (χ0v) is 12.6. The molecular formula is C12H15N3O5S. The molecule has 0 atom stereocenters. The number of nitrogens with zero attached hydrogens (tertiary/aromatic N) is 2. The lowest BCUT2D eigenvalue weighted by molar-refractivity contribution is 0.347. The molecular weight excluding hydrogens is 298 g/mol. The molecule has 0 saturated heterocycles. The van der Waals surface area contributed by atoms with E-state index >= 15 is 0 Å². The van der Waals surface area contributed by atoms with Gasteiger partial charge in [0.15, 0.2) is 21.3 Å². The van der Waals surface area contributed by atoms with Crippen LogP contribution in [0.5, 0.6) is 11.5 Å². The zero-order valence-electron chi connectivity index (χ0n) is 11.8. The van der Waals surface area contributed by atoms with Crippen LogP contribution in [-0.4, -0.2) is 39.0 Å². The molecule has 0 bridgehead atoms. The molecule has 0 aliphatic heterocycles. The van der Waals surface area contributed by atoms with Crippen molar-refractivity contribution in [1.29, 1.82) is 0 Å². The number of nitrogens with two attached hydrogens (primary N) is 1. The predicted molar refractivity (Wildman–Crippen MR) is 73.8 cm³/mol. The highest BCUT2D eigenvalue weighted by molar-refractivity contribution is 7.90. The maximum atomic E-state index is 11.8. The van der Waals surface area contributed by atoms with Crippen molar-refractivity contribution in [3.05, 3.63) is 18.0 Å². The van der Waals surface area contributed by atoms with Gasteiger partial charge in [-0.15, -0.1) is 0 Å². The van der Waals surface area contributed by atoms with E-state index in [0.717, 1.165) is 6.26 Å². The minimum Gasteiger partial charge on any atom is -0.492 e. The second-order valence-electron chi connectivity index (χ2n) is 4.17. The van der Waals surface area contributed by atoms with Crippen molar-refractivity contribution < 1.29 is 22.4 Å². The van der Waals surface area contributed by atoms with E-state index in [2.05, 4.69) is 10.1 Å². The van der Waals surface area contributed by atoms with Crippen LogP contribution >= 0.6 is 0 Å². The van der Waals surface area contributed by atoms with Gasteiger partial charge in [0.25, 0.3) is 0 Å². The summed E-state index contributed by atoms with van der Waals surface area (Å²) < 4.78 is 38.9. The molecule has 2 aromatic rings. The van der Waals surface area contributed by atoms with Crippen molar-refractivity contribution in [2.45, 2.75) is 11.4 Å². The second kappa shape index (κ2) is 5.70. The fraction of sp³-hybridized carbons (Fsp3) is 0.333. The lowest BCUT2D eigenvalue weighted by Crippen LogP contribution is -2.04. The Morgan fingerprint density at radius 1 is 1.24 bits per heavy atom. The summed E-state index contributed by atoms with van der Waals surface area (Å²) in [4.78, 5) is 4.11. The number of methoxy groups -OCH3 is 2. The van der Waals surface area contributed by atoms with E-state index in [1.54, 1.807) is 0 Å². The zero-order chi connectivity index (χ0) is 15.6. The predicted octanol–water partition coefficient (Wildman–Crippen LogP) is 0.616. The van der Waals surface area contributed by atoms with E-state index < -0.39 is 9.84 Å². The molecule has 2 rings (SSSR count). The largest absolute Gasteiger partial charge is 0.492 e. The van der Waals surface area contributed by atoms with Crippen LogP contribution in [0.1, 0.15) is 5.89 Å². The third kappa shape index (κ3) is 2.83. The number of hydrogen-bond donors (Lipinski definition) is 1. The standard InChI is InChI=1S/C12H15N3O5S/c1-18-10-7(12-14-9(6-13)20-15-12)4-5-8(11(10)19-2)21(3,16)17/h4-5H,6,13H2,1-3H3. The Balaban J connectivity index is 2.69. The van der Waals surface area contributed by atoms with Crippen molar-refractivity contribution in [1.82, 2.24) is 10.1 Å². The summed E-state index contributed by atoms with van der Waals surface area (Å²) in [5, 5.41) is 3.78. The van der Waals surface area contributed by atoms with Gasteiger partial charge in [-0.2, -0.15) is 4.98 Å². The van der Waals surface area contributed by atoms with Gasteiger partial charge in [-0.3, -0.25) is 0 Å². The Bertz CT molecular complexity index is 754. The van der Waals surface area contributed by atoms with Gasteiger partial charge >= 0.3 is 0 Å². The maximum Gasteiger partial charge on any atom is 0.240 e. The molecule has 114 valence electrons. The molecule has 0 aliphatic carbocycles. The van der Waals surface area contributed by atoms with Crippen molar-refractivity contribution in [3.8, 4) is 22.9 Å². The molecule has 8 nitrogen and oxygen atoms in total. The number of sulfone groups is 1. The van der Waals surface area contributed by atoms with Gasteiger partial charge in [0, 0.05) is 6.26 Å². The van der Waals surface area contributed by atoms with Crippen molar-refractivity contribution >= 4 is 9.84 Å². The second-order valence-corrected chi connectivity index (χ2v) is 6.15. The monoisotopic (exact) mass is 313 g/mol. The minimum atomic E-state index is -3.47. The molecule has 9 heteroatoms. The van der Waals surface area contributed by atoms with Gasteiger partial charge in [-0.05, 0) is 12.1 Å². The summed E-state index contributed by atoms with van der Waals surface area (Å²) in [6.45, 7) is 0.105. The van der Waals surface area contributed by atoms with Gasteiger partial charge in [-0.1, -0.05) is 5.16 Å². The van der Waals surface area contributed by atoms with Crippen LogP contribution in [0.25, 0.3) is 11.4 Å². The third-order valence-electron chi connectivity index (χ3n) is 2.77. The molecule has 2 N–H and O–H groups in total. The first-order chi connectivity index (χ1) is 9.92.